The monoisotopic (exact) mass is 388 g/mol. The summed E-state index contributed by atoms with van der Waals surface area (Å²) in [6, 6.07) is 18.8. The highest BCUT2D eigenvalue weighted by molar-refractivity contribution is 6.04. The zero-order valence-corrected chi connectivity index (χ0v) is 16.8. The fraction of sp³-hybridized carbons (Fsp3) is 0.174. The van der Waals surface area contributed by atoms with E-state index in [2.05, 4.69) is 15.6 Å². The van der Waals surface area contributed by atoms with Gasteiger partial charge in [0.25, 0.3) is 5.91 Å². The number of aryl methyl sites for hydroxylation is 1. The van der Waals surface area contributed by atoms with Crippen LogP contribution in [0.2, 0.25) is 0 Å². The van der Waals surface area contributed by atoms with Crippen LogP contribution in [0, 0.1) is 6.92 Å². The number of anilines is 4. The molecule has 0 atom stereocenters. The highest BCUT2D eigenvalue weighted by atomic mass is 16.2. The van der Waals surface area contributed by atoms with Gasteiger partial charge >= 0.3 is 0 Å². The molecule has 0 bridgehead atoms. The first-order valence-electron chi connectivity index (χ1n) is 9.45. The van der Waals surface area contributed by atoms with Gasteiger partial charge in [0.05, 0.1) is 11.9 Å². The normalized spacial score (nSPS) is 10.3. The molecule has 3 rings (SSSR count). The van der Waals surface area contributed by atoms with Gasteiger partial charge in [-0.25, -0.2) is 4.98 Å². The van der Waals surface area contributed by atoms with Gasteiger partial charge in [0.1, 0.15) is 5.69 Å². The smallest absolute Gasteiger partial charge is 0.276 e. The maximum atomic E-state index is 12.9. The fourth-order valence-corrected chi connectivity index (χ4v) is 2.98. The van der Waals surface area contributed by atoms with Crippen LogP contribution >= 0.6 is 0 Å². The molecule has 2 amide bonds. The number of nitrogens with zero attached hydrogens (tertiary/aromatic N) is 2. The largest absolute Gasteiger partial charge is 0.354 e. The molecule has 0 fully saturated rings. The molecule has 3 aromatic rings. The van der Waals surface area contributed by atoms with Crippen molar-refractivity contribution in [1.29, 1.82) is 0 Å². The van der Waals surface area contributed by atoms with Crippen LogP contribution in [0.25, 0.3) is 0 Å². The van der Waals surface area contributed by atoms with Crippen molar-refractivity contribution in [2.45, 2.75) is 20.8 Å². The molecule has 6 heteroatoms. The Morgan fingerprint density at radius 3 is 2.24 bits per heavy atom. The Bertz CT molecular complexity index is 998. The Morgan fingerprint density at radius 1 is 0.966 bits per heavy atom. The van der Waals surface area contributed by atoms with Crippen molar-refractivity contribution in [1.82, 2.24) is 4.98 Å². The highest BCUT2D eigenvalue weighted by Crippen LogP contribution is 2.21. The highest BCUT2D eigenvalue weighted by Gasteiger charge is 2.17. The number of amides is 2. The van der Waals surface area contributed by atoms with Crippen molar-refractivity contribution in [2.75, 3.05) is 22.1 Å². The Labute approximate surface area is 170 Å². The van der Waals surface area contributed by atoms with E-state index in [1.165, 1.54) is 6.92 Å². The van der Waals surface area contributed by atoms with E-state index in [4.69, 9.17) is 0 Å². The molecule has 148 valence electrons. The van der Waals surface area contributed by atoms with Crippen LogP contribution in [-0.4, -0.2) is 23.3 Å². The molecule has 0 saturated heterocycles. The van der Waals surface area contributed by atoms with E-state index >= 15 is 0 Å². The van der Waals surface area contributed by atoms with Crippen molar-refractivity contribution in [3.05, 3.63) is 78.1 Å². The Hall–Kier alpha value is -3.67. The lowest BCUT2D eigenvalue weighted by atomic mass is 10.2. The quantitative estimate of drug-likeness (QED) is 0.638. The van der Waals surface area contributed by atoms with Gasteiger partial charge in [0.2, 0.25) is 5.91 Å². The first kappa shape index (κ1) is 20.1. The number of carbonyl (C=O) groups is 2. The molecular weight excluding hydrogens is 364 g/mol. The second kappa shape index (κ2) is 9.01. The summed E-state index contributed by atoms with van der Waals surface area (Å²) in [4.78, 5) is 30.0. The summed E-state index contributed by atoms with van der Waals surface area (Å²) in [5, 5.41) is 5.96. The molecule has 1 aromatic heterocycles. The van der Waals surface area contributed by atoms with Crippen LogP contribution < -0.4 is 15.5 Å². The van der Waals surface area contributed by atoms with Crippen LogP contribution in [0.5, 0.6) is 0 Å². The van der Waals surface area contributed by atoms with Gasteiger partial charge in [-0.1, -0.05) is 12.1 Å². The molecule has 29 heavy (non-hydrogen) atoms. The van der Waals surface area contributed by atoms with Gasteiger partial charge in [-0.3, -0.25) is 9.59 Å². The van der Waals surface area contributed by atoms with Gasteiger partial charge in [0.15, 0.2) is 0 Å². The minimum absolute atomic E-state index is 0.109. The summed E-state index contributed by atoms with van der Waals surface area (Å²) in [5.41, 5.74) is 4.71. The van der Waals surface area contributed by atoms with Crippen molar-refractivity contribution < 1.29 is 9.59 Å². The summed E-state index contributed by atoms with van der Waals surface area (Å²) >= 11 is 0. The minimum atomic E-state index is -0.135. The molecule has 2 N–H and O–H groups in total. The van der Waals surface area contributed by atoms with Crippen LogP contribution in [0.1, 0.15) is 29.9 Å². The summed E-state index contributed by atoms with van der Waals surface area (Å²) in [5.74, 6) is -0.244. The first-order valence-corrected chi connectivity index (χ1v) is 9.45. The summed E-state index contributed by atoms with van der Waals surface area (Å²) in [7, 11) is 0. The first-order chi connectivity index (χ1) is 14.0. The SMILES string of the molecule is CCN(C(=O)c1ccc(Nc2ccc(NC(C)=O)cc2)cn1)c1cccc(C)c1. The van der Waals surface area contributed by atoms with Crippen LogP contribution in [0.3, 0.4) is 0 Å². The number of aromatic nitrogens is 1. The topological polar surface area (TPSA) is 74.3 Å². The van der Waals surface area contributed by atoms with E-state index in [1.54, 1.807) is 17.2 Å². The third-order valence-corrected chi connectivity index (χ3v) is 4.35. The van der Waals surface area contributed by atoms with Crippen molar-refractivity contribution >= 4 is 34.6 Å². The molecule has 1 heterocycles. The molecule has 6 nitrogen and oxygen atoms in total. The van der Waals surface area contributed by atoms with Gasteiger partial charge in [-0.05, 0) is 67.9 Å². The van der Waals surface area contributed by atoms with Crippen LogP contribution in [-0.2, 0) is 4.79 Å². The standard InChI is InChI=1S/C23H24N4O2/c1-4-27(21-7-5-6-16(2)14-21)23(29)22-13-12-20(15-24-22)26-19-10-8-18(9-11-19)25-17(3)28/h5-15,26H,4H2,1-3H3,(H,25,28). The lowest BCUT2D eigenvalue weighted by molar-refractivity contribution is -0.114. The zero-order valence-electron chi connectivity index (χ0n) is 16.8. The average molecular weight is 388 g/mol. The molecule has 0 aliphatic heterocycles. The molecular formula is C23H24N4O2. The maximum absolute atomic E-state index is 12.9. The molecule has 0 radical (unpaired) electrons. The molecule has 0 spiro atoms. The molecule has 0 aliphatic carbocycles. The lowest BCUT2D eigenvalue weighted by Gasteiger charge is -2.21. The summed E-state index contributed by atoms with van der Waals surface area (Å²) in [6.07, 6.45) is 1.64. The number of rotatable bonds is 6. The number of nitrogens with one attached hydrogen (secondary N) is 2. The predicted octanol–water partition coefficient (Wildman–Crippen LogP) is 4.76. The van der Waals surface area contributed by atoms with Crippen molar-refractivity contribution in [3.8, 4) is 0 Å². The Morgan fingerprint density at radius 2 is 1.66 bits per heavy atom. The summed E-state index contributed by atoms with van der Waals surface area (Å²) < 4.78 is 0. The Kier molecular flexibility index (Phi) is 6.24. The van der Waals surface area contributed by atoms with Crippen LogP contribution in [0.15, 0.2) is 66.9 Å². The average Bonchev–Trinajstić information content (AvgIpc) is 2.70. The third kappa shape index (κ3) is 5.19. The maximum Gasteiger partial charge on any atom is 0.276 e. The number of benzene rings is 2. The number of hydrogen-bond acceptors (Lipinski definition) is 4. The van der Waals surface area contributed by atoms with Crippen LogP contribution in [0.4, 0.5) is 22.7 Å². The van der Waals surface area contributed by atoms with E-state index in [0.29, 0.717) is 12.2 Å². The second-order valence-electron chi connectivity index (χ2n) is 6.70. The van der Waals surface area contributed by atoms with Gasteiger partial charge in [-0.2, -0.15) is 0 Å². The molecule has 0 aliphatic rings. The third-order valence-electron chi connectivity index (χ3n) is 4.35. The predicted molar refractivity (Wildman–Crippen MR) is 117 cm³/mol. The minimum Gasteiger partial charge on any atom is -0.354 e. The van der Waals surface area contributed by atoms with E-state index in [-0.39, 0.29) is 11.8 Å². The molecule has 0 unspecified atom stereocenters. The lowest BCUT2D eigenvalue weighted by Crippen LogP contribution is -2.31. The van der Waals surface area contributed by atoms with E-state index in [9.17, 15) is 9.59 Å². The van der Waals surface area contributed by atoms with Gasteiger partial charge in [0, 0.05) is 30.5 Å². The second-order valence-corrected chi connectivity index (χ2v) is 6.70. The van der Waals surface area contributed by atoms with Gasteiger partial charge in [-0.15, -0.1) is 0 Å². The van der Waals surface area contributed by atoms with E-state index in [1.807, 2.05) is 68.4 Å². The number of carbonyl (C=O) groups excluding carboxylic acids is 2. The van der Waals surface area contributed by atoms with Crippen molar-refractivity contribution in [2.24, 2.45) is 0 Å². The van der Waals surface area contributed by atoms with Gasteiger partial charge < -0.3 is 15.5 Å². The Balaban J connectivity index is 1.70. The fourth-order valence-electron chi connectivity index (χ4n) is 2.98. The summed E-state index contributed by atoms with van der Waals surface area (Å²) in [6.45, 7) is 5.98. The van der Waals surface area contributed by atoms with E-state index in [0.717, 1.165) is 28.3 Å². The molecule has 2 aromatic carbocycles. The van der Waals surface area contributed by atoms with E-state index < -0.39 is 0 Å². The number of pyridine rings is 1. The van der Waals surface area contributed by atoms with Crippen molar-refractivity contribution in [3.63, 3.8) is 0 Å². The number of hydrogen-bond donors (Lipinski definition) is 2. The zero-order chi connectivity index (χ0) is 20.8. The molecule has 0 saturated carbocycles.